The number of benzene rings is 3. The van der Waals surface area contributed by atoms with Crippen molar-refractivity contribution >= 4 is 17.2 Å². The third-order valence-corrected chi connectivity index (χ3v) is 5.10. The van der Waals surface area contributed by atoms with E-state index in [9.17, 15) is 15.0 Å². The second-order valence-corrected chi connectivity index (χ2v) is 6.91. The summed E-state index contributed by atoms with van der Waals surface area (Å²) in [5, 5.41) is 22.7. The molecule has 1 amide bonds. The normalized spacial score (nSPS) is 19.0. The van der Waals surface area contributed by atoms with Crippen LogP contribution in [-0.2, 0) is 11.2 Å². The molecule has 0 fully saturated rings. The maximum Gasteiger partial charge on any atom is 0.296 e. The predicted octanol–water partition coefficient (Wildman–Crippen LogP) is 3.94. The van der Waals surface area contributed by atoms with Crippen molar-refractivity contribution in [2.75, 3.05) is 12.0 Å². The molecular weight excluding hydrogens is 366 g/mol. The van der Waals surface area contributed by atoms with Crippen molar-refractivity contribution < 1.29 is 19.7 Å². The summed E-state index contributed by atoms with van der Waals surface area (Å²) in [4.78, 5) is 14.3. The fourth-order valence-electron chi connectivity index (χ4n) is 3.77. The number of anilines is 1. The zero-order valence-electron chi connectivity index (χ0n) is 15.9. The zero-order valence-corrected chi connectivity index (χ0v) is 15.9. The molecule has 29 heavy (non-hydrogen) atoms. The highest BCUT2D eigenvalue weighted by Gasteiger charge is 2.52. The number of hydrogen-bond acceptors (Lipinski definition) is 4. The van der Waals surface area contributed by atoms with Crippen molar-refractivity contribution in [1.29, 1.82) is 0 Å². The van der Waals surface area contributed by atoms with Gasteiger partial charge in [0.05, 0.1) is 12.7 Å². The number of nitrogens with zero attached hydrogens (tertiary/aromatic N) is 1. The summed E-state index contributed by atoms with van der Waals surface area (Å²) in [5.74, 6) is -0.467. The number of rotatable bonds is 5. The zero-order chi connectivity index (χ0) is 20.4. The summed E-state index contributed by atoms with van der Waals surface area (Å²) in [5.41, 5.74) is 0.338. The molecule has 1 atom stereocenters. The third kappa shape index (κ3) is 3.26. The second kappa shape index (κ2) is 7.45. The summed E-state index contributed by atoms with van der Waals surface area (Å²) in [6.45, 7) is 0. The lowest BCUT2D eigenvalue weighted by molar-refractivity contribution is -0.118. The van der Waals surface area contributed by atoms with Crippen molar-refractivity contribution in [3.05, 3.63) is 102 Å². The first-order valence-corrected chi connectivity index (χ1v) is 9.28. The van der Waals surface area contributed by atoms with Gasteiger partial charge in [-0.25, -0.2) is 0 Å². The molecule has 0 saturated heterocycles. The summed E-state index contributed by atoms with van der Waals surface area (Å²) in [6.07, 6.45) is 0.125. The first kappa shape index (κ1) is 18.8. The van der Waals surface area contributed by atoms with Gasteiger partial charge in [0.2, 0.25) is 0 Å². The Morgan fingerprint density at radius 1 is 0.897 bits per heavy atom. The van der Waals surface area contributed by atoms with Gasteiger partial charge in [0.25, 0.3) is 5.91 Å². The third-order valence-electron chi connectivity index (χ3n) is 5.10. The first-order chi connectivity index (χ1) is 14.0. The summed E-state index contributed by atoms with van der Waals surface area (Å²) in [7, 11) is 1.56. The maximum absolute atomic E-state index is 13.1. The van der Waals surface area contributed by atoms with Gasteiger partial charge >= 0.3 is 0 Å². The molecule has 146 valence electrons. The molecule has 3 aromatic carbocycles. The van der Waals surface area contributed by atoms with Gasteiger partial charge in [-0.2, -0.15) is 0 Å². The van der Waals surface area contributed by atoms with Crippen molar-refractivity contribution in [2.45, 2.75) is 12.1 Å². The van der Waals surface area contributed by atoms with E-state index in [2.05, 4.69) is 0 Å². The molecule has 2 N–H and O–H groups in total. The fraction of sp³-hybridized carbons (Fsp3) is 0.125. The molecule has 1 unspecified atom stereocenters. The van der Waals surface area contributed by atoms with E-state index in [4.69, 9.17) is 4.74 Å². The van der Waals surface area contributed by atoms with Gasteiger partial charge < -0.3 is 14.9 Å². The van der Waals surface area contributed by atoms with Crippen LogP contribution in [0.25, 0.3) is 5.57 Å². The van der Waals surface area contributed by atoms with Crippen LogP contribution in [0.5, 0.6) is 5.75 Å². The molecule has 1 aliphatic heterocycles. The average molecular weight is 387 g/mol. The molecule has 3 aromatic rings. The molecular formula is C24H21NO4. The number of aliphatic hydroxyl groups excluding tert-OH is 1. The van der Waals surface area contributed by atoms with E-state index >= 15 is 0 Å². The number of carbonyl (C=O) groups is 1. The fourth-order valence-corrected chi connectivity index (χ4v) is 3.77. The maximum atomic E-state index is 13.1. The summed E-state index contributed by atoms with van der Waals surface area (Å²) >= 11 is 0. The summed E-state index contributed by atoms with van der Waals surface area (Å²) in [6, 6.07) is 25.2. The van der Waals surface area contributed by atoms with Gasteiger partial charge in [0.15, 0.2) is 11.5 Å². The first-order valence-electron chi connectivity index (χ1n) is 9.28. The van der Waals surface area contributed by atoms with Gasteiger partial charge in [-0.15, -0.1) is 0 Å². The van der Waals surface area contributed by atoms with E-state index in [0.717, 1.165) is 5.56 Å². The molecule has 5 heteroatoms. The quantitative estimate of drug-likeness (QED) is 0.696. The molecule has 0 spiro atoms. The van der Waals surface area contributed by atoms with E-state index in [0.29, 0.717) is 17.0 Å². The monoisotopic (exact) mass is 387 g/mol. The molecule has 0 radical (unpaired) electrons. The van der Waals surface area contributed by atoms with Crippen LogP contribution in [0.15, 0.2) is 90.7 Å². The van der Waals surface area contributed by atoms with Crippen LogP contribution < -0.4 is 9.64 Å². The van der Waals surface area contributed by atoms with Gasteiger partial charge in [-0.3, -0.25) is 9.69 Å². The van der Waals surface area contributed by atoms with Crippen LogP contribution in [0.1, 0.15) is 11.1 Å². The Hall–Kier alpha value is -3.57. The van der Waals surface area contributed by atoms with E-state index in [-0.39, 0.29) is 12.0 Å². The van der Waals surface area contributed by atoms with Crippen LogP contribution in [0.4, 0.5) is 5.69 Å². The number of aliphatic hydroxyl groups is 2. The molecule has 1 aliphatic rings. The molecule has 4 rings (SSSR count). The van der Waals surface area contributed by atoms with Gasteiger partial charge in [0.1, 0.15) is 5.75 Å². The Labute approximate surface area is 169 Å². The van der Waals surface area contributed by atoms with Gasteiger partial charge in [0, 0.05) is 12.1 Å². The predicted molar refractivity (Wildman–Crippen MR) is 112 cm³/mol. The van der Waals surface area contributed by atoms with E-state index in [1.54, 1.807) is 55.6 Å². The highest BCUT2D eigenvalue weighted by Crippen LogP contribution is 2.44. The standard InChI is InChI=1S/C24H21NO4/c1-29-20-14-12-19(13-15-20)25-23(27)22(26)21(18-10-6-3-7-11-18)24(25,28)16-17-8-4-2-5-9-17/h2-15,26,28H,16H2,1H3. The molecule has 0 bridgehead atoms. The van der Waals surface area contributed by atoms with Gasteiger partial charge in [-0.1, -0.05) is 60.7 Å². The molecule has 5 nitrogen and oxygen atoms in total. The Morgan fingerprint density at radius 2 is 1.48 bits per heavy atom. The van der Waals surface area contributed by atoms with Crippen LogP contribution in [0, 0.1) is 0 Å². The van der Waals surface area contributed by atoms with Crippen molar-refractivity contribution in [3.8, 4) is 5.75 Å². The van der Waals surface area contributed by atoms with Crippen molar-refractivity contribution in [2.24, 2.45) is 0 Å². The van der Waals surface area contributed by atoms with E-state index in [1.807, 2.05) is 36.4 Å². The SMILES string of the molecule is COc1ccc(N2C(=O)C(O)=C(c3ccccc3)C2(O)Cc2ccccc2)cc1. The molecule has 0 aliphatic carbocycles. The Bertz CT molecular complexity index is 1050. The lowest BCUT2D eigenvalue weighted by Crippen LogP contribution is -2.50. The minimum absolute atomic E-state index is 0.125. The van der Waals surface area contributed by atoms with Crippen LogP contribution in [-0.4, -0.2) is 29.0 Å². The minimum atomic E-state index is -1.75. The topological polar surface area (TPSA) is 70.0 Å². The highest BCUT2D eigenvalue weighted by molar-refractivity contribution is 6.16. The number of hydrogen-bond donors (Lipinski definition) is 2. The van der Waals surface area contributed by atoms with Crippen molar-refractivity contribution in [1.82, 2.24) is 0 Å². The number of methoxy groups -OCH3 is 1. The minimum Gasteiger partial charge on any atom is -0.503 e. The lowest BCUT2D eigenvalue weighted by Gasteiger charge is -2.36. The van der Waals surface area contributed by atoms with Crippen LogP contribution in [0.2, 0.25) is 0 Å². The average Bonchev–Trinajstić information content (AvgIpc) is 2.94. The van der Waals surface area contributed by atoms with E-state index in [1.165, 1.54) is 4.90 Å². The van der Waals surface area contributed by atoms with E-state index < -0.39 is 17.4 Å². The largest absolute Gasteiger partial charge is 0.503 e. The lowest BCUT2D eigenvalue weighted by atomic mass is 9.90. The summed E-state index contributed by atoms with van der Waals surface area (Å²) < 4.78 is 5.19. The van der Waals surface area contributed by atoms with Crippen molar-refractivity contribution in [3.63, 3.8) is 0 Å². The van der Waals surface area contributed by atoms with Gasteiger partial charge in [-0.05, 0) is 35.4 Å². The number of amides is 1. The second-order valence-electron chi connectivity index (χ2n) is 6.91. The molecule has 0 saturated carbocycles. The smallest absolute Gasteiger partial charge is 0.296 e. The Kier molecular flexibility index (Phi) is 4.82. The van der Waals surface area contributed by atoms with Crippen LogP contribution >= 0.6 is 0 Å². The molecule has 0 aromatic heterocycles. The van der Waals surface area contributed by atoms with Crippen LogP contribution in [0.3, 0.4) is 0 Å². The number of carbonyl (C=O) groups excluding carboxylic acids is 1. The molecule has 1 heterocycles. The highest BCUT2D eigenvalue weighted by atomic mass is 16.5. The number of ether oxygens (including phenoxy) is 1. The Balaban J connectivity index is 1.87. The Morgan fingerprint density at radius 3 is 2.07 bits per heavy atom.